The Kier molecular flexibility index (Phi) is 4.37. The highest BCUT2D eigenvalue weighted by atomic mass is 35.5. The van der Waals surface area contributed by atoms with Gasteiger partial charge in [0.25, 0.3) is 0 Å². The van der Waals surface area contributed by atoms with E-state index in [0.717, 1.165) is 0 Å². The number of rotatable bonds is 4. The van der Waals surface area contributed by atoms with Crippen molar-refractivity contribution >= 4 is 21.6 Å². The van der Waals surface area contributed by atoms with E-state index < -0.39 is 10.0 Å². The molecule has 1 aromatic heterocycles. The maximum absolute atomic E-state index is 12.8. The maximum atomic E-state index is 12.8. The quantitative estimate of drug-likeness (QED) is 0.815. The van der Waals surface area contributed by atoms with Crippen molar-refractivity contribution in [3.8, 4) is 0 Å². The van der Waals surface area contributed by atoms with Gasteiger partial charge in [-0.3, -0.25) is 0 Å². The van der Waals surface area contributed by atoms with Crippen molar-refractivity contribution in [1.29, 1.82) is 0 Å². The maximum Gasteiger partial charge on any atom is 0.243 e. The molecule has 0 unspecified atom stereocenters. The van der Waals surface area contributed by atoms with Gasteiger partial charge in [0.15, 0.2) is 0 Å². The van der Waals surface area contributed by atoms with Crippen LogP contribution in [0.3, 0.4) is 0 Å². The second-order valence-electron chi connectivity index (χ2n) is 4.20. The zero-order valence-electron chi connectivity index (χ0n) is 10.6. The molecule has 106 valence electrons. The Bertz CT molecular complexity index is 705. The van der Waals surface area contributed by atoms with Gasteiger partial charge in [-0.15, -0.1) is 0 Å². The molecule has 0 aliphatic carbocycles. The van der Waals surface area contributed by atoms with E-state index in [4.69, 9.17) is 11.6 Å². The van der Waals surface area contributed by atoms with Crippen molar-refractivity contribution in [2.24, 2.45) is 0 Å². The number of nitrogens with zero attached hydrogens (tertiary/aromatic N) is 2. The molecule has 0 fully saturated rings. The second-order valence-corrected chi connectivity index (χ2v) is 6.63. The molecule has 1 aromatic carbocycles. The van der Waals surface area contributed by atoms with Gasteiger partial charge in [-0.05, 0) is 29.8 Å². The molecule has 2 rings (SSSR count). The van der Waals surface area contributed by atoms with E-state index in [2.05, 4.69) is 4.98 Å². The van der Waals surface area contributed by atoms with Crippen LogP contribution >= 0.6 is 11.6 Å². The number of sulfonamides is 1. The van der Waals surface area contributed by atoms with Gasteiger partial charge in [-0.25, -0.2) is 17.8 Å². The van der Waals surface area contributed by atoms with Gasteiger partial charge in [-0.1, -0.05) is 23.7 Å². The van der Waals surface area contributed by atoms with Gasteiger partial charge in [0.2, 0.25) is 10.0 Å². The molecule has 4 nitrogen and oxygen atoms in total. The van der Waals surface area contributed by atoms with Gasteiger partial charge >= 0.3 is 0 Å². The topological polar surface area (TPSA) is 50.3 Å². The number of benzene rings is 1. The third kappa shape index (κ3) is 3.33. The molecule has 0 radical (unpaired) electrons. The summed E-state index contributed by atoms with van der Waals surface area (Å²) in [5.74, 6) is -0.361. The van der Waals surface area contributed by atoms with Crippen molar-refractivity contribution in [3.63, 3.8) is 0 Å². The molecule has 1 heterocycles. The van der Waals surface area contributed by atoms with Crippen molar-refractivity contribution < 1.29 is 12.8 Å². The zero-order valence-corrected chi connectivity index (χ0v) is 12.2. The van der Waals surface area contributed by atoms with Gasteiger partial charge in [-0.2, -0.15) is 4.31 Å². The first-order chi connectivity index (χ1) is 9.39. The van der Waals surface area contributed by atoms with Gasteiger partial charge in [0.1, 0.15) is 11.0 Å². The third-order valence-electron chi connectivity index (χ3n) is 2.72. The number of halogens is 2. The van der Waals surface area contributed by atoms with Gasteiger partial charge in [0.05, 0.1) is 4.90 Å². The van der Waals surface area contributed by atoms with Crippen LogP contribution in [0, 0.1) is 5.82 Å². The average Bonchev–Trinajstić information content (AvgIpc) is 2.41. The molecule has 0 saturated carbocycles. The van der Waals surface area contributed by atoms with Crippen molar-refractivity contribution in [2.45, 2.75) is 11.4 Å². The molecule has 0 N–H and O–H groups in total. The van der Waals surface area contributed by atoms with E-state index in [1.165, 1.54) is 41.8 Å². The molecule has 20 heavy (non-hydrogen) atoms. The fourth-order valence-corrected chi connectivity index (χ4v) is 3.07. The first-order valence-corrected chi connectivity index (χ1v) is 7.54. The smallest absolute Gasteiger partial charge is 0.243 e. The minimum atomic E-state index is -3.65. The van der Waals surface area contributed by atoms with Crippen LogP contribution in [0.15, 0.2) is 47.5 Å². The van der Waals surface area contributed by atoms with Crippen LogP contribution in [0.2, 0.25) is 5.15 Å². The van der Waals surface area contributed by atoms with E-state index in [9.17, 15) is 12.8 Å². The van der Waals surface area contributed by atoms with Crippen LogP contribution in [0.25, 0.3) is 0 Å². The third-order valence-corrected chi connectivity index (χ3v) is 4.73. The highest BCUT2D eigenvalue weighted by molar-refractivity contribution is 7.89. The molecular weight excluding hydrogens is 303 g/mol. The summed E-state index contributed by atoms with van der Waals surface area (Å²) in [6.07, 6.45) is 1.33. The Morgan fingerprint density at radius 3 is 2.50 bits per heavy atom. The summed E-state index contributed by atoms with van der Waals surface area (Å²) >= 11 is 5.70. The molecule has 0 aliphatic rings. The molecule has 0 saturated heterocycles. The van der Waals surface area contributed by atoms with E-state index in [0.29, 0.717) is 5.56 Å². The van der Waals surface area contributed by atoms with Crippen molar-refractivity contribution in [2.75, 3.05) is 7.05 Å². The predicted molar refractivity (Wildman–Crippen MR) is 74.3 cm³/mol. The van der Waals surface area contributed by atoms with Crippen LogP contribution in [0.4, 0.5) is 4.39 Å². The van der Waals surface area contributed by atoms with E-state index in [1.807, 2.05) is 0 Å². The molecule has 0 bridgehead atoms. The molecule has 0 amide bonds. The molecule has 7 heteroatoms. The summed E-state index contributed by atoms with van der Waals surface area (Å²) in [5, 5.41) is 0.112. The largest absolute Gasteiger partial charge is 0.244 e. The Balaban J connectivity index is 2.23. The summed E-state index contributed by atoms with van der Waals surface area (Å²) < 4.78 is 38.6. The standard InChI is InChI=1S/C13H12ClFN2O2S/c1-17(9-10-2-4-11(15)5-3-10)20(18,19)12-6-7-16-13(14)8-12/h2-8H,9H2,1H3. The van der Waals surface area contributed by atoms with Crippen molar-refractivity contribution in [3.05, 3.63) is 59.1 Å². The van der Waals surface area contributed by atoms with Crippen LogP contribution in [0.1, 0.15) is 5.56 Å². The fourth-order valence-electron chi connectivity index (χ4n) is 1.66. The van der Waals surface area contributed by atoms with E-state index >= 15 is 0 Å². The van der Waals surface area contributed by atoms with Crippen LogP contribution in [0.5, 0.6) is 0 Å². The normalized spacial score (nSPS) is 11.8. The lowest BCUT2D eigenvalue weighted by molar-refractivity contribution is 0.466. The molecular formula is C13H12ClFN2O2S. The summed E-state index contributed by atoms with van der Waals surface area (Å²) in [7, 11) is -2.20. The lowest BCUT2D eigenvalue weighted by atomic mass is 10.2. The molecule has 0 spiro atoms. The predicted octanol–water partition coefficient (Wildman–Crippen LogP) is 2.69. The molecule has 0 aliphatic heterocycles. The zero-order chi connectivity index (χ0) is 14.8. The molecule has 2 aromatic rings. The van der Waals surface area contributed by atoms with Gasteiger partial charge in [0, 0.05) is 19.8 Å². The van der Waals surface area contributed by atoms with Gasteiger partial charge < -0.3 is 0 Å². The second kappa shape index (κ2) is 5.87. The summed E-state index contributed by atoms with van der Waals surface area (Å²) in [6.45, 7) is 0.141. The Hall–Kier alpha value is -1.50. The van der Waals surface area contributed by atoms with Crippen molar-refractivity contribution in [1.82, 2.24) is 9.29 Å². The Labute approximate surface area is 121 Å². The highest BCUT2D eigenvalue weighted by Gasteiger charge is 2.21. The van der Waals surface area contributed by atoms with E-state index in [1.54, 1.807) is 12.1 Å². The Morgan fingerprint density at radius 1 is 1.25 bits per heavy atom. The number of hydrogen-bond acceptors (Lipinski definition) is 3. The lowest BCUT2D eigenvalue weighted by Gasteiger charge is -2.17. The average molecular weight is 315 g/mol. The summed E-state index contributed by atoms with van der Waals surface area (Å²) in [4.78, 5) is 3.82. The molecule has 0 atom stereocenters. The Morgan fingerprint density at radius 2 is 1.90 bits per heavy atom. The van der Waals surface area contributed by atoms with E-state index in [-0.39, 0.29) is 22.4 Å². The fraction of sp³-hybridized carbons (Fsp3) is 0.154. The first kappa shape index (κ1) is 14.9. The number of aromatic nitrogens is 1. The lowest BCUT2D eigenvalue weighted by Crippen LogP contribution is -2.26. The minimum absolute atomic E-state index is 0.0714. The number of pyridine rings is 1. The summed E-state index contributed by atoms with van der Waals surface area (Å²) in [5.41, 5.74) is 0.692. The number of hydrogen-bond donors (Lipinski definition) is 0. The monoisotopic (exact) mass is 314 g/mol. The first-order valence-electron chi connectivity index (χ1n) is 5.72. The SMILES string of the molecule is CN(Cc1ccc(F)cc1)S(=O)(=O)c1ccnc(Cl)c1. The van der Waals surface area contributed by atoms with Crippen LogP contribution in [-0.2, 0) is 16.6 Å². The van der Waals surface area contributed by atoms with Crippen LogP contribution in [-0.4, -0.2) is 24.8 Å². The highest BCUT2D eigenvalue weighted by Crippen LogP contribution is 2.18. The summed E-state index contributed by atoms with van der Waals surface area (Å²) in [6, 6.07) is 8.33. The van der Waals surface area contributed by atoms with Crippen LogP contribution < -0.4 is 0 Å². The minimum Gasteiger partial charge on any atom is -0.244 e.